The van der Waals surface area contributed by atoms with E-state index in [9.17, 15) is 0 Å². The van der Waals surface area contributed by atoms with Gasteiger partial charge in [0.25, 0.3) is 0 Å². The number of rotatable bonds is 0. The Labute approximate surface area is 53.4 Å². The molecule has 0 saturated heterocycles. The Morgan fingerprint density at radius 2 is 1.25 bits per heavy atom. The van der Waals surface area contributed by atoms with Crippen molar-refractivity contribution in [1.29, 1.82) is 0 Å². The van der Waals surface area contributed by atoms with E-state index in [1.54, 1.807) is 0 Å². The van der Waals surface area contributed by atoms with Crippen molar-refractivity contribution in [3.05, 3.63) is 0 Å². The molecule has 0 bridgehead atoms. The van der Waals surface area contributed by atoms with Crippen molar-refractivity contribution in [2.24, 2.45) is 0 Å². The van der Waals surface area contributed by atoms with Gasteiger partial charge in [-0.05, 0) is 0 Å². The second kappa shape index (κ2) is 27.1. The van der Waals surface area contributed by atoms with Crippen molar-refractivity contribution in [2.75, 3.05) is 0 Å². The summed E-state index contributed by atoms with van der Waals surface area (Å²) in [6.07, 6.45) is 0. The van der Waals surface area contributed by atoms with Gasteiger partial charge in [0.2, 0.25) is 0 Å². The minimum atomic E-state index is 0. The van der Waals surface area contributed by atoms with Gasteiger partial charge in [-0.3, -0.25) is 0 Å². The quantitative estimate of drug-likeness (QED) is 0.495. The molecule has 0 aromatic carbocycles. The van der Waals surface area contributed by atoms with Crippen molar-refractivity contribution < 1.29 is 53.4 Å². The number of hydrogen-bond acceptors (Lipinski definition) is 1. The van der Waals surface area contributed by atoms with E-state index in [-0.39, 0.29) is 33.8 Å². The fraction of sp³-hybridized carbons (Fsp3) is 0. The molecule has 0 rings (SSSR count). The van der Waals surface area contributed by atoms with Crippen LogP contribution in [0.4, 0.5) is 0 Å². The zero-order valence-corrected chi connectivity index (χ0v) is 4.40. The molecule has 0 aliphatic rings. The van der Waals surface area contributed by atoms with Gasteiger partial charge in [0.1, 0.15) is 0 Å². The van der Waals surface area contributed by atoms with Crippen LogP contribution in [-0.2, 0) is 53.4 Å². The predicted molar refractivity (Wildman–Crippen MR) is 0.686 cm³/mol. The number of hydrogen-bond donors (Lipinski definition) is 0. The van der Waals surface area contributed by atoms with Crippen LogP contribution in [0.25, 0.3) is 0 Å². The van der Waals surface area contributed by atoms with Crippen molar-refractivity contribution in [2.45, 2.75) is 0 Å². The molecule has 0 N–H and O–H groups in total. The van der Waals surface area contributed by atoms with Gasteiger partial charge in [-0.1, -0.05) is 0 Å². The summed E-state index contributed by atoms with van der Waals surface area (Å²) in [6.45, 7) is 0. The molecule has 0 amide bonds. The van der Waals surface area contributed by atoms with Crippen LogP contribution in [0.3, 0.4) is 0 Å². The van der Waals surface area contributed by atoms with E-state index < -0.39 is 0 Å². The molecule has 0 unspecified atom stereocenters. The molecular weight excluding hydrogens is 197 g/mol. The van der Waals surface area contributed by atoms with Gasteiger partial charge in [0, 0.05) is 33.8 Å². The first-order chi connectivity index (χ1) is 1.00. The van der Waals surface area contributed by atoms with E-state index in [1.165, 1.54) is 0 Å². The average Bonchev–Trinajstić information content (AvgIpc) is 1.00. The minimum absolute atomic E-state index is 0. The molecule has 4 heavy (non-hydrogen) atoms. The van der Waals surface area contributed by atoms with Gasteiger partial charge in [-0.15, -0.1) is 0 Å². The Morgan fingerprint density at radius 3 is 1.25 bits per heavy atom. The SMILES string of the molecule is [Co].[Cu].[O]=[Co]. The Hall–Kier alpha value is 1.33. The normalized spacial score (nSPS) is 1.25. The van der Waals surface area contributed by atoms with Gasteiger partial charge in [0.05, 0.1) is 0 Å². The molecule has 0 spiro atoms. The molecule has 0 aliphatic heterocycles. The third kappa shape index (κ3) is 10.2. The topological polar surface area (TPSA) is 17.1 Å². The fourth-order valence-corrected chi connectivity index (χ4v) is 0. The molecule has 35 valence electrons. The summed E-state index contributed by atoms with van der Waals surface area (Å²) in [5, 5.41) is 0. The Kier molecular flexibility index (Phi) is 125. The van der Waals surface area contributed by atoms with Crippen LogP contribution >= 0.6 is 0 Å². The Balaban J connectivity index is -0.00000000500. The van der Waals surface area contributed by atoms with E-state index >= 15 is 0 Å². The summed E-state index contributed by atoms with van der Waals surface area (Å²) in [6, 6.07) is 0. The molecule has 1 nitrogen and oxygen atoms in total. The summed E-state index contributed by atoms with van der Waals surface area (Å²) in [5.74, 6) is 0. The average molecular weight is 197 g/mol. The second-order valence-electron chi connectivity index (χ2n) is 0. The van der Waals surface area contributed by atoms with Crippen LogP contribution in [0.2, 0.25) is 0 Å². The molecule has 0 aromatic rings. The van der Waals surface area contributed by atoms with E-state index in [1.807, 2.05) is 0 Å². The standard InChI is InChI=1S/2Co.Cu.O. The summed E-state index contributed by atoms with van der Waals surface area (Å²) < 4.78 is 7.94. The van der Waals surface area contributed by atoms with E-state index in [2.05, 4.69) is 15.7 Å². The molecule has 0 aliphatic carbocycles. The molecule has 0 heterocycles. The molecule has 2 radical (unpaired) electrons. The Morgan fingerprint density at radius 1 is 1.25 bits per heavy atom. The van der Waals surface area contributed by atoms with Crippen molar-refractivity contribution in [1.82, 2.24) is 0 Å². The third-order valence-corrected chi connectivity index (χ3v) is 0. The van der Waals surface area contributed by atoms with Gasteiger partial charge < -0.3 is 0 Å². The first kappa shape index (κ1) is 18.4. The zero-order valence-electron chi connectivity index (χ0n) is 1.38. The van der Waals surface area contributed by atoms with Crippen LogP contribution in [0, 0.1) is 0 Å². The van der Waals surface area contributed by atoms with Gasteiger partial charge in [-0.25, -0.2) is 0 Å². The van der Waals surface area contributed by atoms with E-state index in [4.69, 9.17) is 3.87 Å². The molecule has 0 atom stereocenters. The maximum atomic E-state index is 7.94. The first-order valence-corrected chi connectivity index (χ1v) is 0.561. The second-order valence-corrected chi connectivity index (χ2v) is 0. The van der Waals surface area contributed by atoms with Gasteiger partial charge in [0.15, 0.2) is 0 Å². The fourth-order valence-electron chi connectivity index (χ4n) is 0. The summed E-state index contributed by atoms with van der Waals surface area (Å²) in [5.41, 5.74) is 0. The molecular formula is Co2CuO. The molecule has 4 heteroatoms. The summed E-state index contributed by atoms with van der Waals surface area (Å²) in [7, 11) is 0. The molecule has 0 fully saturated rings. The first-order valence-electron chi connectivity index (χ1n) is 0.136. The summed E-state index contributed by atoms with van der Waals surface area (Å²) in [4.78, 5) is 0. The van der Waals surface area contributed by atoms with Crippen molar-refractivity contribution in [3.63, 3.8) is 0 Å². The monoisotopic (exact) mass is 197 g/mol. The van der Waals surface area contributed by atoms with Gasteiger partial charge >= 0.3 is 19.5 Å². The third-order valence-electron chi connectivity index (χ3n) is 0. The molecule has 0 saturated carbocycles. The van der Waals surface area contributed by atoms with Crippen LogP contribution in [-0.4, -0.2) is 0 Å². The summed E-state index contributed by atoms with van der Waals surface area (Å²) >= 11 is 2.31. The maximum absolute atomic E-state index is 7.94. The molecule has 0 aromatic heterocycles. The predicted octanol–water partition coefficient (Wildman–Crippen LogP) is -0.126. The van der Waals surface area contributed by atoms with Crippen molar-refractivity contribution >= 4 is 0 Å². The van der Waals surface area contributed by atoms with Crippen LogP contribution in [0.5, 0.6) is 0 Å². The van der Waals surface area contributed by atoms with Gasteiger partial charge in [-0.2, -0.15) is 0 Å². The van der Waals surface area contributed by atoms with Crippen LogP contribution in [0.15, 0.2) is 0 Å². The van der Waals surface area contributed by atoms with Crippen LogP contribution in [0.1, 0.15) is 0 Å². The van der Waals surface area contributed by atoms with E-state index in [0.29, 0.717) is 0 Å². The van der Waals surface area contributed by atoms with E-state index in [0.717, 1.165) is 0 Å². The zero-order chi connectivity index (χ0) is 2.00. The van der Waals surface area contributed by atoms with Crippen LogP contribution < -0.4 is 0 Å². The Bertz CT molecular complexity index is 6.00. The van der Waals surface area contributed by atoms with Crippen molar-refractivity contribution in [3.8, 4) is 0 Å².